The molecule has 0 radical (unpaired) electrons. The number of piperidine rings is 1. The highest BCUT2D eigenvalue weighted by atomic mass is 16.6. The van der Waals surface area contributed by atoms with Crippen LogP contribution in [0.1, 0.15) is 50.8 Å². The van der Waals surface area contributed by atoms with Gasteiger partial charge < -0.3 is 15.0 Å². The first kappa shape index (κ1) is 17.7. The van der Waals surface area contributed by atoms with Gasteiger partial charge in [-0.2, -0.15) is 0 Å². The number of hydrogen-bond acceptors (Lipinski definition) is 4. The largest absolute Gasteiger partial charge is 0.444 e. The van der Waals surface area contributed by atoms with Gasteiger partial charge in [0.2, 0.25) is 5.91 Å². The van der Waals surface area contributed by atoms with E-state index in [0.29, 0.717) is 13.1 Å². The highest BCUT2D eigenvalue weighted by Crippen LogP contribution is 2.30. The lowest BCUT2D eigenvalue weighted by molar-refractivity contribution is -0.121. The summed E-state index contributed by atoms with van der Waals surface area (Å²) in [6.07, 6.45) is 1.27. The molecule has 2 N–H and O–H groups in total. The van der Waals surface area contributed by atoms with E-state index in [4.69, 9.17) is 4.74 Å². The summed E-state index contributed by atoms with van der Waals surface area (Å²) in [5.74, 6) is -0.0464. The minimum absolute atomic E-state index is 0.0464. The Hall–Kier alpha value is -2.08. The predicted octanol–water partition coefficient (Wildman–Crippen LogP) is 2.48. The molecule has 25 heavy (non-hydrogen) atoms. The van der Waals surface area contributed by atoms with Crippen molar-refractivity contribution in [2.45, 2.75) is 57.8 Å². The first-order valence-corrected chi connectivity index (χ1v) is 8.82. The van der Waals surface area contributed by atoms with E-state index in [9.17, 15) is 9.59 Å². The van der Waals surface area contributed by atoms with Crippen molar-refractivity contribution in [1.82, 2.24) is 15.5 Å². The van der Waals surface area contributed by atoms with Crippen LogP contribution in [0.5, 0.6) is 0 Å². The molecular weight excluding hydrogens is 318 g/mol. The number of ether oxygens (including phenoxy) is 1. The van der Waals surface area contributed by atoms with Gasteiger partial charge in [0, 0.05) is 6.54 Å². The highest BCUT2D eigenvalue weighted by molar-refractivity contribution is 5.86. The zero-order valence-electron chi connectivity index (χ0n) is 15.4. The number of benzene rings is 1. The van der Waals surface area contributed by atoms with Crippen LogP contribution in [0.4, 0.5) is 4.79 Å². The number of likely N-dealkylation sites (tertiary alicyclic amines) is 1. The zero-order valence-corrected chi connectivity index (χ0v) is 15.4. The second-order valence-corrected chi connectivity index (χ2v) is 8.06. The van der Waals surface area contributed by atoms with E-state index in [1.807, 2.05) is 52.0 Å². The minimum atomic E-state index is -0.582. The minimum Gasteiger partial charge on any atom is -0.444 e. The highest BCUT2D eigenvalue weighted by Gasteiger charge is 2.47. The average Bonchev–Trinajstić information content (AvgIpc) is 2.82. The van der Waals surface area contributed by atoms with Gasteiger partial charge in [-0.25, -0.2) is 4.79 Å². The molecule has 1 aromatic rings. The van der Waals surface area contributed by atoms with Crippen molar-refractivity contribution in [2.75, 3.05) is 13.1 Å². The summed E-state index contributed by atoms with van der Waals surface area (Å²) in [4.78, 5) is 26.6. The van der Waals surface area contributed by atoms with Gasteiger partial charge in [0.25, 0.3) is 0 Å². The van der Waals surface area contributed by atoms with Gasteiger partial charge in [-0.3, -0.25) is 10.1 Å². The molecule has 0 bridgehead atoms. The lowest BCUT2D eigenvalue weighted by Gasteiger charge is -2.40. The lowest BCUT2D eigenvalue weighted by atomic mass is 9.98. The van der Waals surface area contributed by atoms with Gasteiger partial charge in [0.05, 0.1) is 6.54 Å². The van der Waals surface area contributed by atoms with Crippen LogP contribution in [0.3, 0.4) is 0 Å². The van der Waals surface area contributed by atoms with Gasteiger partial charge in [0.1, 0.15) is 17.3 Å². The van der Waals surface area contributed by atoms with Crippen LogP contribution in [0, 0.1) is 6.92 Å². The van der Waals surface area contributed by atoms with E-state index in [0.717, 1.165) is 24.0 Å². The van der Waals surface area contributed by atoms with E-state index >= 15 is 0 Å². The lowest BCUT2D eigenvalue weighted by Crippen LogP contribution is -2.61. The summed E-state index contributed by atoms with van der Waals surface area (Å²) in [6, 6.07) is 7.56. The van der Waals surface area contributed by atoms with E-state index in [2.05, 4.69) is 10.6 Å². The summed E-state index contributed by atoms with van der Waals surface area (Å²) in [6.45, 7) is 8.64. The smallest absolute Gasteiger partial charge is 0.410 e. The van der Waals surface area contributed by atoms with Crippen molar-refractivity contribution in [1.29, 1.82) is 0 Å². The number of rotatable bonds is 1. The molecule has 3 rings (SSSR count). The van der Waals surface area contributed by atoms with E-state index in [-0.39, 0.29) is 18.0 Å². The van der Waals surface area contributed by atoms with E-state index in [1.165, 1.54) is 0 Å². The maximum Gasteiger partial charge on any atom is 0.410 e. The third kappa shape index (κ3) is 3.95. The molecule has 0 aromatic heterocycles. The SMILES string of the molecule is Cc1ccc(C2NC3(CCCN(C(=O)OC(C)(C)C)C3)NC2=O)cc1. The van der Waals surface area contributed by atoms with Crippen LogP contribution >= 0.6 is 0 Å². The van der Waals surface area contributed by atoms with Crippen molar-refractivity contribution >= 4 is 12.0 Å². The normalized spacial score (nSPS) is 26.6. The van der Waals surface area contributed by atoms with E-state index in [1.54, 1.807) is 4.90 Å². The quantitative estimate of drug-likeness (QED) is 0.820. The van der Waals surface area contributed by atoms with Gasteiger partial charge in [-0.15, -0.1) is 0 Å². The van der Waals surface area contributed by atoms with Crippen molar-refractivity contribution < 1.29 is 14.3 Å². The third-order valence-corrected chi connectivity index (χ3v) is 4.60. The molecule has 1 aromatic carbocycles. The number of amides is 2. The second-order valence-electron chi connectivity index (χ2n) is 8.06. The summed E-state index contributed by atoms with van der Waals surface area (Å²) >= 11 is 0. The first-order chi connectivity index (χ1) is 11.7. The molecule has 2 unspecified atom stereocenters. The van der Waals surface area contributed by atoms with Gasteiger partial charge >= 0.3 is 6.09 Å². The molecule has 2 amide bonds. The molecule has 6 heteroatoms. The van der Waals surface area contributed by atoms with Crippen molar-refractivity contribution in [3.8, 4) is 0 Å². The molecule has 2 heterocycles. The Morgan fingerprint density at radius 2 is 1.96 bits per heavy atom. The number of carbonyl (C=O) groups excluding carboxylic acids is 2. The van der Waals surface area contributed by atoms with Crippen molar-refractivity contribution in [2.24, 2.45) is 0 Å². The number of carbonyl (C=O) groups is 2. The Labute approximate surface area is 148 Å². The molecule has 2 aliphatic heterocycles. The maximum absolute atomic E-state index is 12.5. The fourth-order valence-corrected chi connectivity index (χ4v) is 3.44. The topological polar surface area (TPSA) is 70.7 Å². The van der Waals surface area contributed by atoms with Gasteiger partial charge in [-0.05, 0) is 46.1 Å². The van der Waals surface area contributed by atoms with Crippen molar-refractivity contribution in [3.63, 3.8) is 0 Å². The Balaban J connectivity index is 1.73. The predicted molar refractivity (Wildman–Crippen MR) is 95.0 cm³/mol. The van der Waals surface area contributed by atoms with Crippen LogP contribution in [0.15, 0.2) is 24.3 Å². The standard InChI is InChI=1S/C19H27N3O3/c1-13-6-8-14(9-7-13)15-16(23)21-19(20-15)10-5-11-22(12-19)17(24)25-18(2,3)4/h6-9,15,20H,5,10-12H2,1-4H3,(H,21,23). The van der Waals surface area contributed by atoms with Gasteiger partial charge in [-0.1, -0.05) is 29.8 Å². The molecule has 6 nitrogen and oxygen atoms in total. The third-order valence-electron chi connectivity index (χ3n) is 4.60. The Bertz CT molecular complexity index is 665. The number of aryl methyl sites for hydroxylation is 1. The Morgan fingerprint density at radius 1 is 1.28 bits per heavy atom. The number of nitrogens with zero attached hydrogens (tertiary/aromatic N) is 1. The molecule has 0 aliphatic carbocycles. The molecule has 136 valence electrons. The number of nitrogens with one attached hydrogen (secondary N) is 2. The van der Waals surface area contributed by atoms with Crippen LogP contribution in [0.25, 0.3) is 0 Å². The fraction of sp³-hybridized carbons (Fsp3) is 0.579. The summed E-state index contributed by atoms with van der Waals surface area (Å²) in [5.41, 5.74) is 0.986. The number of hydrogen-bond donors (Lipinski definition) is 2. The molecule has 2 saturated heterocycles. The molecule has 2 fully saturated rings. The molecule has 0 saturated carbocycles. The monoisotopic (exact) mass is 345 g/mol. The molecule has 2 aliphatic rings. The zero-order chi connectivity index (χ0) is 18.2. The average molecular weight is 345 g/mol. The van der Waals surface area contributed by atoms with Crippen LogP contribution in [-0.2, 0) is 9.53 Å². The summed E-state index contributed by atoms with van der Waals surface area (Å²) in [7, 11) is 0. The summed E-state index contributed by atoms with van der Waals surface area (Å²) < 4.78 is 5.48. The first-order valence-electron chi connectivity index (χ1n) is 8.82. The van der Waals surface area contributed by atoms with Crippen LogP contribution < -0.4 is 10.6 Å². The molecule has 2 atom stereocenters. The van der Waals surface area contributed by atoms with Gasteiger partial charge in [0.15, 0.2) is 0 Å². The summed E-state index contributed by atoms with van der Waals surface area (Å²) in [5, 5.41) is 6.51. The second kappa shape index (κ2) is 6.33. The van der Waals surface area contributed by atoms with Crippen LogP contribution in [0.2, 0.25) is 0 Å². The van der Waals surface area contributed by atoms with E-state index < -0.39 is 11.3 Å². The molecular formula is C19H27N3O3. The fourth-order valence-electron chi connectivity index (χ4n) is 3.44. The Morgan fingerprint density at radius 3 is 2.60 bits per heavy atom. The van der Waals surface area contributed by atoms with Crippen molar-refractivity contribution in [3.05, 3.63) is 35.4 Å². The molecule has 1 spiro atoms. The maximum atomic E-state index is 12.5. The van der Waals surface area contributed by atoms with Crippen LogP contribution in [-0.4, -0.2) is 41.3 Å². The Kier molecular flexibility index (Phi) is 4.49.